The Balaban J connectivity index is 1.96. The minimum Gasteiger partial charge on any atom is -0.480 e. The van der Waals surface area contributed by atoms with Crippen LogP contribution in [0.1, 0.15) is 6.42 Å². The highest BCUT2D eigenvalue weighted by molar-refractivity contribution is 7.99. The molecule has 0 aliphatic heterocycles. The van der Waals surface area contributed by atoms with E-state index in [4.69, 9.17) is 5.11 Å². The van der Waals surface area contributed by atoms with Crippen LogP contribution >= 0.6 is 11.8 Å². The summed E-state index contributed by atoms with van der Waals surface area (Å²) in [4.78, 5) is 12.1. The minimum absolute atomic E-state index is 0.465. The van der Waals surface area contributed by atoms with E-state index in [9.17, 15) is 4.79 Å². The third-order valence-corrected chi connectivity index (χ3v) is 4.07. The van der Waals surface area contributed by atoms with E-state index in [2.05, 4.69) is 35.6 Å². The van der Waals surface area contributed by atoms with Crippen LogP contribution in [0.2, 0.25) is 0 Å². The Morgan fingerprint density at radius 1 is 1.26 bits per heavy atom. The van der Waals surface area contributed by atoms with Gasteiger partial charge >= 0.3 is 5.97 Å². The van der Waals surface area contributed by atoms with Crippen LogP contribution in [0.5, 0.6) is 0 Å². The lowest BCUT2D eigenvalue weighted by atomic mass is 10.1. The molecule has 0 saturated carbocycles. The van der Waals surface area contributed by atoms with Gasteiger partial charge in [0.1, 0.15) is 6.04 Å². The van der Waals surface area contributed by atoms with Crippen molar-refractivity contribution in [2.75, 3.05) is 12.8 Å². The van der Waals surface area contributed by atoms with Crippen molar-refractivity contribution in [2.45, 2.75) is 17.4 Å². The molecular formula is C15H17NO2S. The molecule has 0 amide bonds. The SMILES string of the molecule is CNC(CCSc1ccc2ccccc2c1)C(=O)O. The van der Waals surface area contributed by atoms with Crippen molar-refractivity contribution in [3.63, 3.8) is 0 Å². The minimum atomic E-state index is -0.790. The second-order valence-corrected chi connectivity index (χ2v) is 5.49. The van der Waals surface area contributed by atoms with Crippen LogP contribution in [0.15, 0.2) is 47.4 Å². The van der Waals surface area contributed by atoms with Gasteiger partial charge in [-0.1, -0.05) is 30.3 Å². The largest absolute Gasteiger partial charge is 0.480 e. The molecule has 0 spiro atoms. The number of thioether (sulfide) groups is 1. The lowest BCUT2D eigenvalue weighted by Gasteiger charge is -2.10. The Morgan fingerprint density at radius 2 is 2.00 bits per heavy atom. The molecule has 0 aliphatic rings. The third-order valence-electron chi connectivity index (χ3n) is 3.04. The van der Waals surface area contributed by atoms with E-state index < -0.39 is 12.0 Å². The fraction of sp³-hybridized carbons (Fsp3) is 0.267. The van der Waals surface area contributed by atoms with Crippen LogP contribution in [0.25, 0.3) is 10.8 Å². The zero-order chi connectivity index (χ0) is 13.7. The molecule has 4 heteroatoms. The van der Waals surface area contributed by atoms with Gasteiger partial charge in [0.05, 0.1) is 0 Å². The van der Waals surface area contributed by atoms with Gasteiger partial charge in [0.2, 0.25) is 0 Å². The Kier molecular flexibility index (Phi) is 4.82. The number of carbonyl (C=O) groups is 1. The standard InChI is InChI=1S/C15H17NO2S/c1-16-14(15(17)18)8-9-19-13-7-6-11-4-2-3-5-12(11)10-13/h2-7,10,14,16H,8-9H2,1H3,(H,17,18). The molecule has 0 aliphatic carbocycles. The van der Waals surface area contributed by atoms with Gasteiger partial charge in [-0.05, 0) is 36.4 Å². The first kappa shape index (κ1) is 13.9. The molecule has 0 fully saturated rings. The number of aliphatic carboxylic acids is 1. The summed E-state index contributed by atoms with van der Waals surface area (Å²) in [7, 11) is 1.68. The molecule has 100 valence electrons. The van der Waals surface area contributed by atoms with Crippen molar-refractivity contribution in [2.24, 2.45) is 0 Å². The van der Waals surface area contributed by atoms with E-state index in [1.54, 1.807) is 18.8 Å². The van der Waals surface area contributed by atoms with E-state index in [0.717, 1.165) is 5.75 Å². The Morgan fingerprint density at radius 3 is 2.68 bits per heavy atom. The van der Waals surface area contributed by atoms with E-state index in [-0.39, 0.29) is 0 Å². The summed E-state index contributed by atoms with van der Waals surface area (Å²) in [5, 5.41) is 14.2. The van der Waals surface area contributed by atoms with Crippen LogP contribution < -0.4 is 5.32 Å². The third kappa shape index (κ3) is 3.72. The second-order valence-electron chi connectivity index (χ2n) is 4.33. The normalized spacial score (nSPS) is 12.5. The molecule has 2 rings (SSSR count). The van der Waals surface area contributed by atoms with Gasteiger partial charge in [0.25, 0.3) is 0 Å². The van der Waals surface area contributed by atoms with Gasteiger partial charge < -0.3 is 10.4 Å². The zero-order valence-electron chi connectivity index (χ0n) is 10.8. The number of hydrogen-bond donors (Lipinski definition) is 2. The molecular weight excluding hydrogens is 258 g/mol. The molecule has 1 unspecified atom stereocenters. The molecule has 0 bridgehead atoms. The zero-order valence-corrected chi connectivity index (χ0v) is 11.6. The smallest absolute Gasteiger partial charge is 0.320 e. The number of benzene rings is 2. The predicted octanol–water partition coefficient (Wildman–Crippen LogP) is 2.99. The summed E-state index contributed by atoms with van der Waals surface area (Å²) in [6.07, 6.45) is 0.614. The quantitative estimate of drug-likeness (QED) is 0.796. The first-order valence-corrected chi connectivity index (χ1v) is 7.21. The van der Waals surface area contributed by atoms with E-state index in [0.29, 0.717) is 6.42 Å². The monoisotopic (exact) mass is 275 g/mol. The van der Waals surface area contributed by atoms with Gasteiger partial charge in [-0.15, -0.1) is 11.8 Å². The lowest BCUT2D eigenvalue weighted by Crippen LogP contribution is -2.34. The topological polar surface area (TPSA) is 49.3 Å². The van der Waals surface area contributed by atoms with Gasteiger partial charge in [0.15, 0.2) is 0 Å². The summed E-state index contributed by atoms with van der Waals surface area (Å²) in [5.74, 6) is -0.00233. The number of fused-ring (bicyclic) bond motifs is 1. The van der Waals surface area contributed by atoms with Crippen molar-refractivity contribution in [1.29, 1.82) is 0 Å². The predicted molar refractivity (Wildman–Crippen MR) is 79.8 cm³/mol. The van der Waals surface area contributed by atoms with E-state index in [1.807, 2.05) is 12.1 Å². The van der Waals surface area contributed by atoms with Crippen molar-refractivity contribution in [1.82, 2.24) is 5.32 Å². The average molecular weight is 275 g/mol. The molecule has 2 aromatic carbocycles. The van der Waals surface area contributed by atoms with Gasteiger partial charge in [-0.2, -0.15) is 0 Å². The maximum Gasteiger partial charge on any atom is 0.320 e. The molecule has 1 atom stereocenters. The Bertz CT molecular complexity index is 571. The van der Waals surface area contributed by atoms with Crippen LogP contribution in [0.4, 0.5) is 0 Å². The van der Waals surface area contributed by atoms with Gasteiger partial charge in [-0.25, -0.2) is 0 Å². The number of hydrogen-bond acceptors (Lipinski definition) is 3. The molecule has 19 heavy (non-hydrogen) atoms. The summed E-state index contributed by atoms with van der Waals surface area (Å²) in [5.41, 5.74) is 0. The van der Waals surface area contributed by atoms with E-state index in [1.165, 1.54) is 15.7 Å². The van der Waals surface area contributed by atoms with Crippen molar-refractivity contribution < 1.29 is 9.90 Å². The summed E-state index contributed by atoms with van der Waals surface area (Å²) in [6, 6.07) is 14.1. The van der Waals surface area contributed by atoms with Crippen LogP contribution in [-0.2, 0) is 4.79 Å². The van der Waals surface area contributed by atoms with Crippen LogP contribution in [0, 0.1) is 0 Å². The second kappa shape index (κ2) is 6.59. The maximum absolute atomic E-state index is 10.9. The number of carboxylic acid groups (broad SMARTS) is 1. The summed E-state index contributed by atoms with van der Waals surface area (Å²) in [6.45, 7) is 0. The number of carboxylic acids is 1. The molecule has 0 saturated heterocycles. The maximum atomic E-state index is 10.9. The molecule has 3 nitrogen and oxygen atoms in total. The highest BCUT2D eigenvalue weighted by Crippen LogP contribution is 2.24. The highest BCUT2D eigenvalue weighted by atomic mass is 32.2. The molecule has 0 aromatic heterocycles. The first-order valence-electron chi connectivity index (χ1n) is 6.22. The Labute approximate surface area is 117 Å². The molecule has 2 aromatic rings. The van der Waals surface area contributed by atoms with Crippen molar-refractivity contribution >= 4 is 28.5 Å². The van der Waals surface area contributed by atoms with Crippen molar-refractivity contribution in [3.05, 3.63) is 42.5 Å². The number of rotatable bonds is 6. The summed E-state index contributed by atoms with van der Waals surface area (Å²) >= 11 is 1.69. The van der Waals surface area contributed by atoms with Gasteiger partial charge in [-0.3, -0.25) is 4.79 Å². The average Bonchev–Trinajstić information content (AvgIpc) is 2.43. The molecule has 0 radical (unpaired) electrons. The fourth-order valence-corrected chi connectivity index (χ4v) is 2.91. The summed E-state index contributed by atoms with van der Waals surface area (Å²) < 4.78 is 0. The van der Waals surface area contributed by atoms with Crippen molar-refractivity contribution in [3.8, 4) is 0 Å². The highest BCUT2D eigenvalue weighted by Gasteiger charge is 2.13. The first-order chi connectivity index (χ1) is 9.20. The van der Waals surface area contributed by atoms with Crippen LogP contribution in [0.3, 0.4) is 0 Å². The van der Waals surface area contributed by atoms with Crippen LogP contribution in [-0.4, -0.2) is 29.9 Å². The van der Waals surface area contributed by atoms with E-state index >= 15 is 0 Å². The lowest BCUT2D eigenvalue weighted by molar-refractivity contribution is -0.139. The number of nitrogens with one attached hydrogen (secondary N) is 1. The fourth-order valence-electron chi connectivity index (χ4n) is 1.94. The van der Waals surface area contributed by atoms with Gasteiger partial charge in [0, 0.05) is 10.6 Å². The number of likely N-dealkylation sites (N-methyl/N-ethyl adjacent to an activating group) is 1. The molecule has 0 heterocycles. The molecule has 2 N–H and O–H groups in total. The Hall–Kier alpha value is -1.52.